The number of hydrogen-bond acceptors (Lipinski definition) is 5. The van der Waals surface area contributed by atoms with Gasteiger partial charge in [0, 0.05) is 6.42 Å². The Hall–Kier alpha value is -2.87. The summed E-state index contributed by atoms with van der Waals surface area (Å²) in [7, 11) is 6.39. The van der Waals surface area contributed by atoms with Crippen LogP contribution in [0.4, 0.5) is 0 Å². The second-order valence-electron chi connectivity index (χ2n) is 5.15. The molecule has 1 aromatic carbocycles. The summed E-state index contributed by atoms with van der Waals surface area (Å²) >= 11 is 0. The molecule has 1 aromatic rings. The number of nitrogens with zero attached hydrogens (tertiary/aromatic N) is 1. The second-order valence-corrected chi connectivity index (χ2v) is 5.15. The number of hydrogen-bond donors (Lipinski definition) is 0. The summed E-state index contributed by atoms with van der Waals surface area (Å²) in [5.41, 5.74) is 2.38. The third kappa shape index (κ3) is 3.72. The zero-order chi connectivity index (χ0) is 17.5. The van der Waals surface area contributed by atoms with Gasteiger partial charge in [0.15, 0.2) is 17.3 Å². The molecule has 0 aromatic heterocycles. The summed E-state index contributed by atoms with van der Waals surface area (Å²) in [6, 6.07) is 7.81. The minimum atomic E-state index is 0.590. The SMILES string of the molecule is COC1=C(OC)CCC(/C(C#N)=C\c2ccc(OC)c(OC)c2)=C1. The maximum Gasteiger partial charge on any atom is 0.161 e. The van der Waals surface area contributed by atoms with E-state index in [1.807, 2.05) is 30.4 Å². The molecule has 2 rings (SSSR count). The van der Waals surface area contributed by atoms with E-state index in [0.29, 0.717) is 29.3 Å². The highest BCUT2D eigenvalue weighted by atomic mass is 16.5. The van der Waals surface area contributed by atoms with Crippen LogP contribution in [0.1, 0.15) is 18.4 Å². The van der Waals surface area contributed by atoms with Crippen LogP contribution in [0, 0.1) is 11.3 Å². The molecule has 1 aliphatic carbocycles. The highest BCUT2D eigenvalue weighted by Crippen LogP contribution is 2.32. The highest BCUT2D eigenvalue weighted by molar-refractivity contribution is 5.66. The Labute approximate surface area is 142 Å². The van der Waals surface area contributed by atoms with Crippen LogP contribution in [0.3, 0.4) is 0 Å². The van der Waals surface area contributed by atoms with Crippen molar-refractivity contribution in [2.45, 2.75) is 12.8 Å². The van der Waals surface area contributed by atoms with Crippen molar-refractivity contribution in [3.05, 3.63) is 52.5 Å². The molecule has 0 spiro atoms. The van der Waals surface area contributed by atoms with Crippen molar-refractivity contribution in [1.29, 1.82) is 5.26 Å². The Kier molecular flexibility index (Phi) is 5.91. The minimum Gasteiger partial charge on any atom is -0.497 e. The first-order chi connectivity index (χ1) is 11.7. The lowest BCUT2D eigenvalue weighted by Gasteiger charge is -2.18. The Morgan fingerprint density at radius 3 is 2.33 bits per heavy atom. The Balaban J connectivity index is 2.39. The van der Waals surface area contributed by atoms with Crippen molar-refractivity contribution in [2.24, 2.45) is 0 Å². The van der Waals surface area contributed by atoms with E-state index in [9.17, 15) is 5.26 Å². The molecule has 0 saturated carbocycles. The summed E-state index contributed by atoms with van der Waals surface area (Å²) in [5, 5.41) is 9.55. The van der Waals surface area contributed by atoms with Crippen LogP contribution in [-0.2, 0) is 9.47 Å². The van der Waals surface area contributed by atoms with Crippen LogP contribution in [0.25, 0.3) is 6.08 Å². The van der Waals surface area contributed by atoms with E-state index in [1.54, 1.807) is 28.4 Å². The van der Waals surface area contributed by atoms with Crippen LogP contribution in [0.15, 0.2) is 46.9 Å². The lowest BCUT2D eigenvalue weighted by Crippen LogP contribution is -2.04. The van der Waals surface area contributed by atoms with Gasteiger partial charge in [0.25, 0.3) is 0 Å². The third-order valence-corrected chi connectivity index (χ3v) is 3.85. The van der Waals surface area contributed by atoms with Crippen molar-refractivity contribution >= 4 is 6.08 Å². The van der Waals surface area contributed by atoms with E-state index >= 15 is 0 Å². The lowest BCUT2D eigenvalue weighted by atomic mass is 9.94. The fourth-order valence-corrected chi connectivity index (χ4v) is 2.58. The first-order valence-electron chi connectivity index (χ1n) is 7.52. The summed E-state index contributed by atoms with van der Waals surface area (Å²) in [4.78, 5) is 0. The van der Waals surface area contributed by atoms with Gasteiger partial charge in [-0.1, -0.05) is 6.07 Å². The molecule has 0 aliphatic heterocycles. The van der Waals surface area contributed by atoms with E-state index < -0.39 is 0 Å². The molecular formula is C19H21NO4. The first kappa shape index (κ1) is 17.5. The molecule has 0 saturated heterocycles. The van der Waals surface area contributed by atoms with Gasteiger partial charge in [-0.05, 0) is 41.8 Å². The Morgan fingerprint density at radius 1 is 1.00 bits per heavy atom. The molecule has 24 heavy (non-hydrogen) atoms. The van der Waals surface area contributed by atoms with Crippen LogP contribution in [0.5, 0.6) is 11.5 Å². The summed E-state index contributed by atoms with van der Waals surface area (Å²) in [6.45, 7) is 0. The lowest BCUT2D eigenvalue weighted by molar-refractivity contribution is 0.218. The quantitative estimate of drug-likeness (QED) is 0.743. The standard InChI is InChI=1S/C19H21NO4/c1-21-16-7-5-13(10-18(16)23-3)9-15(12-20)14-6-8-17(22-2)19(11-14)24-4/h5,7,9-11H,6,8H2,1-4H3/b15-9-. The molecule has 5 heteroatoms. The molecule has 0 bridgehead atoms. The second kappa shape index (κ2) is 8.11. The summed E-state index contributed by atoms with van der Waals surface area (Å²) in [5.74, 6) is 2.73. The third-order valence-electron chi connectivity index (χ3n) is 3.85. The van der Waals surface area contributed by atoms with Gasteiger partial charge in [-0.15, -0.1) is 0 Å². The Bertz CT molecular complexity index is 738. The average Bonchev–Trinajstić information content (AvgIpc) is 2.65. The number of benzene rings is 1. The number of rotatable bonds is 6. The number of allylic oxidation sites excluding steroid dienone is 4. The molecule has 0 N–H and O–H groups in total. The monoisotopic (exact) mass is 327 g/mol. The van der Waals surface area contributed by atoms with E-state index in [4.69, 9.17) is 18.9 Å². The minimum absolute atomic E-state index is 0.590. The first-order valence-corrected chi connectivity index (χ1v) is 7.52. The van der Waals surface area contributed by atoms with E-state index in [-0.39, 0.29) is 0 Å². The van der Waals surface area contributed by atoms with Crippen molar-refractivity contribution in [3.8, 4) is 17.6 Å². The van der Waals surface area contributed by atoms with Gasteiger partial charge in [-0.3, -0.25) is 0 Å². The molecule has 5 nitrogen and oxygen atoms in total. The van der Waals surface area contributed by atoms with Crippen LogP contribution in [-0.4, -0.2) is 28.4 Å². The summed E-state index contributed by atoms with van der Waals surface area (Å²) in [6.07, 6.45) is 5.12. The van der Waals surface area contributed by atoms with Crippen molar-refractivity contribution < 1.29 is 18.9 Å². The van der Waals surface area contributed by atoms with Gasteiger partial charge < -0.3 is 18.9 Å². The Morgan fingerprint density at radius 2 is 1.75 bits per heavy atom. The predicted octanol–water partition coefficient (Wildman–Crippen LogP) is 3.84. The van der Waals surface area contributed by atoms with Gasteiger partial charge in [0.2, 0.25) is 0 Å². The van der Waals surface area contributed by atoms with Crippen molar-refractivity contribution in [3.63, 3.8) is 0 Å². The van der Waals surface area contributed by atoms with E-state index in [1.165, 1.54) is 0 Å². The number of nitriles is 1. The molecular weight excluding hydrogens is 306 g/mol. The van der Waals surface area contributed by atoms with Gasteiger partial charge in [-0.2, -0.15) is 5.26 Å². The van der Waals surface area contributed by atoms with Crippen LogP contribution < -0.4 is 9.47 Å². The maximum absolute atomic E-state index is 9.55. The molecule has 0 fully saturated rings. The van der Waals surface area contributed by atoms with Crippen LogP contribution >= 0.6 is 0 Å². The molecule has 0 unspecified atom stereocenters. The molecule has 1 aliphatic rings. The predicted molar refractivity (Wildman–Crippen MR) is 91.5 cm³/mol. The van der Waals surface area contributed by atoms with Gasteiger partial charge >= 0.3 is 0 Å². The van der Waals surface area contributed by atoms with E-state index in [2.05, 4.69) is 6.07 Å². The smallest absolute Gasteiger partial charge is 0.161 e. The fraction of sp³-hybridized carbons (Fsp3) is 0.316. The molecule has 126 valence electrons. The summed E-state index contributed by atoms with van der Waals surface area (Å²) < 4.78 is 21.2. The normalized spacial score (nSPS) is 14.6. The zero-order valence-electron chi connectivity index (χ0n) is 14.4. The molecule has 0 heterocycles. The van der Waals surface area contributed by atoms with Gasteiger partial charge in [0.1, 0.15) is 5.76 Å². The number of methoxy groups -OCH3 is 4. The van der Waals surface area contributed by atoms with E-state index in [0.717, 1.165) is 23.3 Å². The van der Waals surface area contributed by atoms with Crippen LogP contribution in [0.2, 0.25) is 0 Å². The van der Waals surface area contributed by atoms with Crippen molar-refractivity contribution in [1.82, 2.24) is 0 Å². The largest absolute Gasteiger partial charge is 0.497 e. The zero-order valence-corrected chi connectivity index (χ0v) is 14.4. The van der Waals surface area contributed by atoms with Gasteiger partial charge in [-0.25, -0.2) is 0 Å². The number of ether oxygens (including phenoxy) is 4. The molecule has 0 radical (unpaired) electrons. The molecule has 0 atom stereocenters. The van der Waals surface area contributed by atoms with Gasteiger partial charge in [0.05, 0.1) is 40.1 Å². The highest BCUT2D eigenvalue weighted by Gasteiger charge is 2.17. The topological polar surface area (TPSA) is 60.7 Å². The average molecular weight is 327 g/mol. The molecule has 0 amide bonds. The maximum atomic E-state index is 9.55. The fourth-order valence-electron chi connectivity index (χ4n) is 2.58. The van der Waals surface area contributed by atoms with Crippen molar-refractivity contribution in [2.75, 3.05) is 28.4 Å².